The number of benzene rings is 2. The Morgan fingerprint density at radius 3 is 2.42 bits per heavy atom. The van der Waals surface area contributed by atoms with Gasteiger partial charge >= 0.3 is 6.03 Å². The van der Waals surface area contributed by atoms with Crippen LogP contribution >= 0.6 is 0 Å². The number of hydrogen-bond donors (Lipinski definition) is 2. The Morgan fingerprint density at radius 1 is 1.04 bits per heavy atom. The topological polar surface area (TPSA) is 59.0 Å². The van der Waals surface area contributed by atoms with E-state index in [0.29, 0.717) is 12.2 Å². The highest BCUT2D eigenvalue weighted by Crippen LogP contribution is 2.09. The van der Waals surface area contributed by atoms with Crippen LogP contribution < -0.4 is 10.6 Å². The predicted octanol–water partition coefficient (Wildman–Crippen LogP) is 3.39. The molecule has 0 bridgehead atoms. The Kier molecular flexibility index (Phi) is 4.86. The maximum atomic E-state index is 12.8. The van der Waals surface area contributed by atoms with E-state index in [1.54, 1.807) is 12.5 Å². The van der Waals surface area contributed by atoms with Gasteiger partial charge in [0.25, 0.3) is 0 Å². The Morgan fingerprint density at radius 2 is 1.75 bits per heavy atom. The van der Waals surface area contributed by atoms with Gasteiger partial charge in [0, 0.05) is 31.2 Å². The second-order valence-electron chi connectivity index (χ2n) is 5.37. The van der Waals surface area contributed by atoms with E-state index in [9.17, 15) is 9.18 Å². The van der Waals surface area contributed by atoms with Crippen LogP contribution in [0.3, 0.4) is 0 Å². The van der Waals surface area contributed by atoms with Gasteiger partial charge in [-0.05, 0) is 35.4 Å². The molecule has 0 radical (unpaired) electrons. The highest BCUT2D eigenvalue weighted by atomic mass is 19.1. The number of aromatic nitrogens is 2. The van der Waals surface area contributed by atoms with Crippen LogP contribution in [0.5, 0.6) is 0 Å². The first kappa shape index (κ1) is 15.7. The monoisotopic (exact) mass is 324 g/mol. The predicted molar refractivity (Wildman–Crippen MR) is 90.0 cm³/mol. The molecule has 0 saturated heterocycles. The van der Waals surface area contributed by atoms with Crippen LogP contribution in [-0.2, 0) is 13.1 Å². The average molecular weight is 324 g/mol. The van der Waals surface area contributed by atoms with Crippen molar-refractivity contribution >= 4 is 11.7 Å². The van der Waals surface area contributed by atoms with E-state index >= 15 is 0 Å². The summed E-state index contributed by atoms with van der Waals surface area (Å²) in [6.07, 6.45) is 5.43. The normalized spacial score (nSPS) is 10.4. The lowest BCUT2D eigenvalue weighted by atomic mass is 10.1. The summed E-state index contributed by atoms with van der Waals surface area (Å²) in [6, 6.07) is 13.3. The van der Waals surface area contributed by atoms with Crippen molar-refractivity contribution in [2.75, 3.05) is 5.32 Å². The standard InChI is InChI=1S/C18H17FN4O/c19-16-5-7-17(8-6-16)22-18(24)21-11-14-1-3-15(4-2-14)12-23-10-9-20-13-23/h1-10,13H,11-12H2,(H2,21,22,24). The first-order valence-corrected chi connectivity index (χ1v) is 7.53. The summed E-state index contributed by atoms with van der Waals surface area (Å²) in [4.78, 5) is 15.8. The number of urea groups is 1. The van der Waals surface area contributed by atoms with Crippen molar-refractivity contribution in [2.45, 2.75) is 13.1 Å². The minimum absolute atomic E-state index is 0.330. The maximum Gasteiger partial charge on any atom is 0.319 e. The summed E-state index contributed by atoms with van der Waals surface area (Å²) in [6.45, 7) is 1.18. The molecule has 2 amide bonds. The number of nitrogens with one attached hydrogen (secondary N) is 2. The zero-order valence-corrected chi connectivity index (χ0v) is 12.9. The number of nitrogens with zero attached hydrogens (tertiary/aromatic N) is 2. The van der Waals surface area contributed by atoms with E-state index in [0.717, 1.165) is 17.7 Å². The molecule has 0 spiro atoms. The van der Waals surface area contributed by atoms with Crippen molar-refractivity contribution in [2.24, 2.45) is 0 Å². The number of carbonyl (C=O) groups is 1. The molecule has 24 heavy (non-hydrogen) atoms. The fourth-order valence-electron chi connectivity index (χ4n) is 2.24. The summed E-state index contributed by atoms with van der Waals surface area (Å²) in [5.41, 5.74) is 2.70. The number of imidazole rings is 1. The summed E-state index contributed by atoms with van der Waals surface area (Å²) in [5, 5.41) is 5.42. The highest BCUT2D eigenvalue weighted by Gasteiger charge is 2.02. The van der Waals surface area contributed by atoms with Gasteiger partial charge in [-0.1, -0.05) is 24.3 Å². The van der Waals surface area contributed by atoms with Crippen molar-refractivity contribution in [1.82, 2.24) is 14.9 Å². The molecule has 0 saturated carbocycles. The summed E-state index contributed by atoms with van der Waals surface area (Å²) < 4.78 is 14.8. The van der Waals surface area contributed by atoms with Gasteiger partial charge in [0.15, 0.2) is 0 Å². The Hall–Kier alpha value is -3.15. The number of halogens is 1. The number of hydrogen-bond acceptors (Lipinski definition) is 2. The van der Waals surface area contributed by atoms with Crippen molar-refractivity contribution in [3.8, 4) is 0 Å². The lowest BCUT2D eigenvalue weighted by Crippen LogP contribution is -2.28. The minimum atomic E-state index is -0.336. The molecule has 122 valence electrons. The van der Waals surface area contributed by atoms with Crippen LogP contribution in [0.4, 0.5) is 14.9 Å². The van der Waals surface area contributed by atoms with Crippen molar-refractivity contribution < 1.29 is 9.18 Å². The van der Waals surface area contributed by atoms with E-state index in [-0.39, 0.29) is 11.8 Å². The van der Waals surface area contributed by atoms with Crippen LogP contribution in [-0.4, -0.2) is 15.6 Å². The lowest BCUT2D eigenvalue weighted by Gasteiger charge is -2.08. The van der Waals surface area contributed by atoms with Gasteiger partial charge in [-0.2, -0.15) is 0 Å². The Labute approximate surface area is 139 Å². The first-order valence-electron chi connectivity index (χ1n) is 7.53. The van der Waals surface area contributed by atoms with Crippen LogP contribution in [0, 0.1) is 5.82 Å². The number of rotatable bonds is 5. The quantitative estimate of drug-likeness (QED) is 0.756. The summed E-state index contributed by atoms with van der Waals surface area (Å²) in [7, 11) is 0. The largest absolute Gasteiger partial charge is 0.334 e. The molecular formula is C18H17FN4O. The van der Waals surface area contributed by atoms with Crippen molar-refractivity contribution in [1.29, 1.82) is 0 Å². The third-order valence-electron chi connectivity index (χ3n) is 3.50. The van der Waals surface area contributed by atoms with Crippen LogP contribution in [0.2, 0.25) is 0 Å². The lowest BCUT2D eigenvalue weighted by molar-refractivity contribution is 0.251. The van der Waals surface area contributed by atoms with Gasteiger partial charge in [-0.15, -0.1) is 0 Å². The molecule has 1 heterocycles. The van der Waals surface area contributed by atoms with Gasteiger partial charge in [0.2, 0.25) is 0 Å². The molecule has 0 aliphatic carbocycles. The molecular weight excluding hydrogens is 307 g/mol. The van der Waals surface area contributed by atoms with E-state index in [1.807, 2.05) is 35.0 Å². The summed E-state index contributed by atoms with van der Waals surface area (Å²) in [5.74, 6) is -0.336. The van der Waals surface area contributed by atoms with Gasteiger partial charge in [0.05, 0.1) is 6.33 Å². The molecule has 3 aromatic rings. The fourth-order valence-corrected chi connectivity index (χ4v) is 2.24. The molecule has 0 unspecified atom stereocenters. The third kappa shape index (κ3) is 4.42. The molecule has 0 aliphatic heterocycles. The van der Waals surface area contributed by atoms with Gasteiger partial charge < -0.3 is 15.2 Å². The molecule has 0 aliphatic rings. The molecule has 0 fully saturated rings. The van der Waals surface area contributed by atoms with Crippen molar-refractivity contribution in [3.05, 3.63) is 84.2 Å². The van der Waals surface area contributed by atoms with Crippen LogP contribution in [0.1, 0.15) is 11.1 Å². The smallest absolute Gasteiger partial charge is 0.319 e. The van der Waals surface area contributed by atoms with Crippen LogP contribution in [0.15, 0.2) is 67.3 Å². The average Bonchev–Trinajstić information content (AvgIpc) is 3.09. The Balaban J connectivity index is 1.49. The van der Waals surface area contributed by atoms with Gasteiger partial charge in [0.1, 0.15) is 5.82 Å². The highest BCUT2D eigenvalue weighted by molar-refractivity contribution is 5.89. The van der Waals surface area contributed by atoms with E-state index in [2.05, 4.69) is 15.6 Å². The molecule has 1 aromatic heterocycles. The number of carbonyl (C=O) groups excluding carboxylic acids is 1. The first-order chi connectivity index (χ1) is 11.7. The zero-order chi connectivity index (χ0) is 16.8. The number of anilines is 1. The number of amides is 2. The van der Waals surface area contributed by atoms with Crippen molar-refractivity contribution in [3.63, 3.8) is 0 Å². The van der Waals surface area contributed by atoms with Crippen LogP contribution in [0.25, 0.3) is 0 Å². The third-order valence-corrected chi connectivity index (χ3v) is 3.50. The minimum Gasteiger partial charge on any atom is -0.334 e. The maximum absolute atomic E-state index is 12.8. The van der Waals surface area contributed by atoms with E-state index < -0.39 is 0 Å². The van der Waals surface area contributed by atoms with Gasteiger partial charge in [-0.25, -0.2) is 14.2 Å². The van der Waals surface area contributed by atoms with Gasteiger partial charge in [-0.3, -0.25) is 0 Å². The van der Waals surface area contributed by atoms with E-state index in [1.165, 1.54) is 24.3 Å². The molecule has 0 atom stereocenters. The summed E-state index contributed by atoms with van der Waals surface area (Å²) >= 11 is 0. The molecule has 5 nitrogen and oxygen atoms in total. The zero-order valence-electron chi connectivity index (χ0n) is 12.9. The molecule has 6 heteroatoms. The second kappa shape index (κ2) is 7.41. The SMILES string of the molecule is O=C(NCc1ccc(Cn2ccnc2)cc1)Nc1ccc(F)cc1. The second-order valence-corrected chi connectivity index (χ2v) is 5.37. The molecule has 2 N–H and O–H groups in total. The molecule has 2 aromatic carbocycles. The Bertz CT molecular complexity index is 783. The van der Waals surface area contributed by atoms with E-state index in [4.69, 9.17) is 0 Å². The fraction of sp³-hybridized carbons (Fsp3) is 0.111. The molecule has 3 rings (SSSR count).